The smallest absolute Gasteiger partial charge is 0.341 e. The summed E-state index contributed by atoms with van der Waals surface area (Å²) in [7, 11) is 1.48. The number of aromatic nitrogens is 4. The minimum absolute atomic E-state index is 0.139. The first-order valence-corrected chi connectivity index (χ1v) is 9.78. The summed E-state index contributed by atoms with van der Waals surface area (Å²) >= 11 is 0. The minimum Gasteiger partial charge on any atom is -0.368 e. The largest absolute Gasteiger partial charge is 0.368 e. The Kier molecular flexibility index (Phi) is 5.20. The quantitative estimate of drug-likeness (QED) is 0.375. The van der Waals surface area contributed by atoms with E-state index in [4.69, 9.17) is 11.1 Å². The number of nitrogens with one attached hydrogen (secondary N) is 3. The van der Waals surface area contributed by atoms with Crippen LogP contribution in [0.15, 0.2) is 49.1 Å². The average molecular weight is 418 g/mol. The molecule has 0 atom stereocenters. The van der Waals surface area contributed by atoms with Crippen LogP contribution in [0, 0.1) is 5.41 Å². The average Bonchev–Trinajstić information content (AvgIpc) is 3.24. The molecule has 0 bridgehead atoms. The van der Waals surface area contributed by atoms with Gasteiger partial charge in [-0.05, 0) is 24.0 Å². The molecule has 3 aromatic rings. The van der Waals surface area contributed by atoms with E-state index >= 15 is 0 Å². The molecule has 0 radical (unpaired) electrons. The van der Waals surface area contributed by atoms with E-state index in [1.807, 2.05) is 24.3 Å². The van der Waals surface area contributed by atoms with Crippen molar-refractivity contribution < 1.29 is 9.59 Å². The number of rotatable bonds is 4. The Balaban J connectivity index is 1.51. The van der Waals surface area contributed by atoms with Gasteiger partial charge in [-0.1, -0.05) is 30.7 Å². The fourth-order valence-corrected chi connectivity index (χ4v) is 3.65. The predicted octanol–water partition coefficient (Wildman–Crippen LogP) is 1.94. The third-order valence-corrected chi connectivity index (χ3v) is 5.63. The molecule has 5 N–H and O–H groups in total. The van der Waals surface area contributed by atoms with Crippen LogP contribution in [0.3, 0.4) is 0 Å². The topological polar surface area (TPSA) is 152 Å². The number of benzene rings is 1. The highest BCUT2D eigenvalue weighted by Gasteiger charge is 2.43. The van der Waals surface area contributed by atoms with Crippen LogP contribution in [-0.4, -0.2) is 44.6 Å². The first-order chi connectivity index (χ1) is 14.9. The van der Waals surface area contributed by atoms with E-state index in [9.17, 15) is 9.59 Å². The Morgan fingerprint density at radius 1 is 1.10 bits per heavy atom. The van der Waals surface area contributed by atoms with Crippen molar-refractivity contribution in [3.05, 3.63) is 60.2 Å². The number of anilines is 1. The van der Waals surface area contributed by atoms with Gasteiger partial charge in [-0.3, -0.25) is 10.2 Å². The summed E-state index contributed by atoms with van der Waals surface area (Å²) in [4.78, 5) is 32.3. The Labute approximate surface area is 178 Å². The third-order valence-electron chi connectivity index (χ3n) is 5.63. The summed E-state index contributed by atoms with van der Waals surface area (Å²) in [6.07, 6.45) is 8.48. The molecule has 2 amide bonds. The standard InChI is InChI=1S/C21H22N8O2/c1-24-20(31)29-12-15(11-27-29)17(30)28-18(22)21(7-2-8-21)16-5-3-13(4-6-16)14-9-25-19(23)26-10-14/h3-6,9-12H,2,7-8H2,1H3,(H,24,31)(H2,22,28,30)(H2,23,25,26). The van der Waals surface area contributed by atoms with E-state index in [2.05, 4.69) is 25.7 Å². The second kappa shape index (κ2) is 7.98. The fraction of sp³-hybridized carbons (Fsp3) is 0.238. The first-order valence-electron chi connectivity index (χ1n) is 9.78. The molecule has 1 aromatic carbocycles. The molecule has 2 heterocycles. The summed E-state index contributed by atoms with van der Waals surface area (Å²) in [5.41, 5.74) is 7.97. The van der Waals surface area contributed by atoms with E-state index in [1.54, 1.807) is 12.4 Å². The molecule has 0 spiro atoms. The Morgan fingerprint density at radius 3 is 2.35 bits per heavy atom. The number of amidine groups is 1. The second-order valence-electron chi connectivity index (χ2n) is 7.40. The predicted molar refractivity (Wildman–Crippen MR) is 115 cm³/mol. The zero-order valence-corrected chi connectivity index (χ0v) is 16.9. The number of amides is 2. The summed E-state index contributed by atoms with van der Waals surface area (Å²) in [5, 5.41) is 17.6. The first kappa shape index (κ1) is 20.2. The van der Waals surface area contributed by atoms with Crippen molar-refractivity contribution in [3.8, 4) is 11.1 Å². The lowest BCUT2D eigenvalue weighted by atomic mass is 9.63. The maximum Gasteiger partial charge on any atom is 0.341 e. The van der Waals surface area contributed by atoms with Gasteiger partial charge in [0.1, 0.15) is 5.84 Å². The molecule has 0 aliphatic heterocycles. The summed E-state index contributed by atoms with van der Waals surface area (Å²) in [5.74, 6) is -0.110. The molecule has 1 aliphatic carbocycles. The van der Waals surface area contributed by atoms with Crippen LogP contribution in [0.5, 0.6) is 0 Å². The normalized spacial score (nSPS) is 14.4. The van der Waals surface area contributed by atoms with Crippen molar-refractivity contribution in [2.45, 2.75) is 24.7 Å². The molecule has 1 aliphatic rings. The van der Waals surface area contributed by atoms with Crippen LogP contribution in [0.1, 0.15) is 35.2 Å². The highest BCUT2D eigenvalue weighted by molar-refractivity contribution is 6.09. The van der Waals surface area contributed by atoms with Crippen LogP contribution in [0.25, 0.3) is 11.1 Å². The molecule has 0 saturated heterocycles. The van der Waals surface area contributed by atoms with Crippen molar-refractivity contribution in [2.75, 3.05) is 12.8 Å². The highest BCUT2D eigenvalue weighted by atomic mass is 16.2. The molecule has 4 rings (SSSR count). The Bertz CT molecular complexity index is 1130. The maximum absolute atomic E-state index is 12.6. The van der Waals surface area contributed by atoms with Crippen LogP contribution < -0.4 is 16.4 Å². The molecule has 1 fully saturated rings. The lowest BCUT2D eigenvalue weighted by Crippen LogP contribution is -2.50. The number of nitrogen functional groups attached to an aromatic ring is 1. The van der Waals surface area contributed by atoms with Crippen molar-refractivity contribution in [3.63, 3.8) is 0 Å². The van der Waals surface area contributed by atoms with E-state index in [-0.39, 0.29) is 17.3 Å². The van der Waals surface area contributed by atoms with Crippen molar-refractivity contribution in [1.29, 1.82) is 5.41 Å². The van der Waals surface area contributed by atoms with E-state index < -0.39 is 17.4 Å². The van der Waals surface area contributed by atoms with Gasteiger partial charge in [-0.25, -0.2) is 14.8 Å². The number of carbonyl (C=O) groups excluding carboxylic acids is 2. The van der Waals surface area contributed by atoms with E-state index in [0.717, 1.165) is 40.6 Å². The van der Waals surface area contributed by atoms with Gasteiger partial charge in [0.25, 0.3) is 5.91 Å². The van der Waals surface area contributed by atoms with Crippen LogP contribution in [-0.2, 0) is 5.41 Å². The van der Waals surface area contributed by atoms with Crippen LogP contribution >= 0.6 is 0 Å². The lowest BCUT2D eigenvalue weighted by molar-refractivity contribution is 0.0972. The number of hydrogen-bond acceptors (Lipinski definition) is 7. The molecular weight excluding hydrogens is 396 g/mol. The summed E-state index contributed by atoms with van der Waals surface area (Å²) in [6.45, 7) is 0. The number of carbonyl (C=O) groups is 2. The molecule has 158 valence electrons. The fourth-order valence-electron chi connectivity index (χ4n) is 3.65. The van der Waals surface area contributed by atoms with Gasteiger partial charge >= 0.3 is 6.03 Å². The number of nitrogens with two attached hydrogens (primary N) is 1. The molecule has 31 heavy (non-hydrogen) atoms. The third kappa shape index (κ3) is 3.75. The Hall–Kier alpha value is -4.08. The molecule has 2 aromatic heterocycles. The lowest BCUT2D eigenvalue weighted by Gasteiger charge is -2.42. The monoisotopic (exact) mass is 418 g/mol. The number of hydrogen-bond donors (Lipinski definition) is 4. The van der Waals surface area contributed by atoms with Gasteiger partial charge in [-0.15, -0.1) is 0 Å². The Morgan fingerprint density at radius 2 is 1.77 bits per heavy atom. The van der Waals surface area contributed by atoms with Gasteiger partial charge in [0.05, 0.1) is 17.2 Å². The van der Waals surface area contributed by atoms with E-state index in [0.29, 0.717) is 0 Å². The molecule has 0 unspecified atom stereocenters. The van der Waals surface area contributed by atoms with Crippen LogP contribution in [0.4, 0.5) is 10.7 Å². The van der Waals surface area contributed by atoms with Crippen molar-refractivity contribution in [2.24, 2.45) is 0 Å². The van der Waals surface area contributed by atoms with Crippen LogP contribution in [0.2, 0.25) is 0 Å². The molecule has 10 nitrogen and oxygen atoms in total. The van der Waals surface area contributed by atoms with Gasteiger partial charge in [0, 0.05) is 31.2 Å². The highest BCUT2D eigenvalue weighted by Crippen LogP contribution is 2.44. The van der Waals surface area contributed by atoms with Gasteiger partial charge in [0.15, 0.2) is 0 Å². The molecule has 1 saturated carbocycles. The zero-order valence-electron chi connectivity index (χ0n) is 16.9. The molecule has 10 heteroatoms. The summed E-state index contributed by atoms with van der Waals surface area (Å²) in [6, 6.07) is 7.39. The van der Waals surface area contributed by atoms with Crippen molar-refractivity contribution >= 4 is 23.7 Å². The maximum atomic E-state index is 12.6. The summed E-state index contributed by atoms with van der Waals surface area (Å²) < 4.78 is 1.04. The molecular formula is C21H22N8O2. The number of nitrogens with zero attached hydrogens (tertiary/aromatic N) is 4. The zero-order chi connectivity index (χ0) is 22.0. The minimum atomic E-state index is -0.539. The second-order valence-corrected chi connectivity index (χ2v) is 7.40. The van der Waals surface area contributed by atoms with E-state index in [1.165, 1.54) is 19.4 Å². The van der Waals surface area contributed by atoms with Gasteiger partial charge < -0.3 is 16.4 Å². The van der Waals surface area contributed by atoms with Crippen molar-refractivity contribution in [1.82, 2.24) is 30.4 Å². The SMILES string of the molecule is CNC(=O)n1cc(C(=O)NC(=N)C2(c3ccc(-c4cnc(N)nc4)cc3)CCC2)cn1. The van der Waals surface area contributed by atoms with Gasteiger partial charge in [-0.2, -0.15) is 9.78 Å². The van der Waals surface area contributed by atoms with Gasteiger partial charge in [0.2, 0.25) is 5.95 Å².